The lowest BCUT2D eigenvalue weighted by molar-refractivity contribution is 0.169. The fraction of sp³-hybridized carbons (Fsp3) is 0.909. The maximum atomic E-state index is 11.7. The highest BCUT2D eigenvalue weighted by Gasteiger charge is 2.25. The molecule has 1 unspecified atom stereocenters. The molecule has 1 heterocycles. The van der Waals surface area contributed by atoms with Crippen molar-refractivity contribution in [3.05, 3.63) is 0 Å². The van der Waals surface area contributed by atoms with Crippen LogP contribution in [0.3, 0.4) is 0 Å². The standard InChI is InChI=1S/C11H23N3O4S/c1-9(8-18-2)12-11(15)13-10-4-6-14(7-5-10)19(3,16)17/h9-10H,4-8H2,1-3H3,(H2,12,13,15). The van der Waals surface area contributed by atoms with E-state index in [1.165, 1.54) is 10.6 Å². The number of hydrogen-bond donors (Lipinski definition) is 2. The van der Waals surface area contributed by atoms with E-state index in [1.54, 1.807) is 7.11 Å². The highest BCUT2D eigenvalue weighted by Crippen LogP contribution is 2.12. The van der Waals surface area contributed by atoms with Crippen molar-refractivity contribution in [3.63, 3.8) is 0 Å². The van der Waals surface area contributed by atoms with E-state index < -0.39 is 10.0 Å². The van der Waals surface area contributed by atoms with E-state index in [1.807, 2.05) is 6.92 Å². The van der Waals surface area contributed by atoms with Crippen molar-refractivity contribution in [1.82, 2.24) is 14.9 Å². The van der Waals surface area contributed by atoms with E-state index in [9.17, 15) is 13.2 Å². The predicted octanol–water partition coefficient (Wildman–Crippen LogP) is -0.255. The maximum absolute atomic E-state index is 11.7. The van der Waals surface area contributed by atoms with Gasteiger partial charge in [0.2, 0.25) is 10.0 Å². The minimum atomic E-state index is -3.12. The number of sulfonamides is 1. The molecular weight excluding hydrogens is 270 g/mol. The SMILES string of the molecule is COCC(C)NC(=O)NC1CCN(S(C)(=O)=O)CC1. The number of hydrogen-bond acceptors (Lipinski definition) is 4. The number of urea groups is 1. The molecule has 8 heteroatoms. The lowest BCUT2D eigenvalue weighted by Crippen LogP contribution is -2.50. The Balaban J connectivity index is 2.31. The fourth-order valence-corrected chi connectivity index (χ4v) is 2.95. The molecule has 0 aromatic carbocycles. The quantitative estimate of drug-likeness (QED) is 0.731. The summed E-state index contributed by atoms with van der Waals surface area (Å²) < 4.78 is 29.1. The van der Waals surface area contributed by atoms with Crippen molar-refractivity contribution < 1.29 is 17.9 Å². The molecule has 2 N–H and O–H groups in total. The van der Waals surface area contributed by atoms with Gasteiger partial charge in [-0.25, -0.2) is 17.5 Å². The summed E-state index contributed by atoms with van der Waals surface area (Å²) in [6.07, 6.45) is 2.48. The van der Waals surface area contributed by atoms with Crippen LogP contribution < -0.4 is 10.6 Å². The van der Waals surface area contributed by atoms with Crippen LogP contribution in [0.25, 0.3) is 0 Å². The van der Waals surface area contributed by atoms with E-state index in [0.29, 0.717) is 32.5 Å². The second kappa shape index (κ2) is 7.06. The van der Waals surface area contributed by atoms with Gasteiger partial charge in [0.1, 0.15) is 0 Å². The summed E-state index contributed by atoms with van der Waals surface area (Å²) in [5.74, 6) is 0. The molecule has 0 aromatic heterocycles. The molecule has 0 radical (unpaired) electrons. The van der Waals surface area contributed by atoms with Crippen LogP contribution in [0.15, 0.2) is 0 Å². The van der Waals surface area contributed by atoms with E-state index in [4.69, 9.17) is 4.74 Å². The summed E-state index contributed by atoms with van der Waals surface area (Å²) in [5.41, 5.74) is 0. The first-order chi connectivity index (χ1) is 8.82. The minimum Gasteiger partial charge on any atom is -0.383 e. The van der Waals surface area contributed by atoms with Crippen LogP contribution in [0, 0.1) is 0 Å². The number of methoxy groups -OCH3 is 1. The molecule has 0 aliphatic carbocycles. The Labute approximate surface area is 114 Å². The summed E-state index contributed by atoms with van der Waals surface area (Å²) >= 11 is 0. The van der Waals surface area contributed by atoms with E-state index >= 15 is 0 Å². The van der Waals surface area contributed by atoms with E-state index in [0.717, 1.165) is 0 Å². The number of carbonyl (C=O) groups is 1. The number of nitrogens with one attached hydrogen (secondary N) is 2. The molecule has 1 fully saturated rings. The van der Waals surface area contributed by atoms with E-state index in [-0.39, 0.29) is 18.1 Å². The van der Waals surface area contributed by atoms with Gasteiger partial charge in [0, 0.05) is 26.2 Å². The zero-order chi connectivity index (χ0) is 14.5. The third-order valence-electron chi connectivity index (χ3n) is 3.05. The highest BCUT2D eigenvalue weighted by molar-refractivity contribution is 7.88. The highest BCUT2D eigenvalue weighted by atomic mass is 32.2. The molecule has 0 saturated carbocycles. The van der Waals surface area contributed by atoms with E-state index in [2.05, 4.69) is 10.6 Å². The van der Waals surface area contributed by atoms with Crippen molar-refractivity contribution >= 4 is 16.1 Å². The van der Waals surface area contributed by atoms with Gasteiger partial charge < -0.3 is 15.4 Å². The van der Waals surface area contributed by atoms with Gasteiger partial charge in [-0.1, -0.05) is 0 Å². The van der Waals surface area contributed by atoms with Crippen molar-refractivity contribution in [2.45, 2.75) is 31.8 Å². The lowest BCUT2D eigenvalue weighted by atomic mass is 10.1. The maximum Gasteiger partial charge on any atom is 0.315 e. The summed E-state index contributed by atoms with van der Waals surface area (Å²) in [6, 6.07) is -0.267. The summed E-state index contributed by atoms with van der Waals surface area (Å²) in [6.45, 7) is 3.23. The van der Waals surface area contributed by atoms with Crippen molar-refractivity contribution in [1.29, 1.82) is 0 Å². The number of amides is 2. The minimum absolute atomic E-state index is 0.0211. The molecule has 19 heavy (non-hydrogen) atoms. The van der Waals surface area contributed by atoms with Gasteiger partial charge in [-0.2, -0.15) is 0 Å². The topological polar surface area (TPSA) is 87.7 Å². The Morgan fingerprint density at radius 1 is 1.42 bits per heavy atom. The van der Waals surface area contributed by atoms with Gasteiger partial charge in [0.15, 0.2) is 0 Å². The summed E-state index contributed by atoms with van der Waals surface area (Å²) in [4.78, 5) is 11.7. The molecule has 7 nitrogen and oxygen atoms in total. The van der Waals surface area contributed by atoms with Crippen LogP contribution in [0.5, 0.6) is 0 Å². The van der Waals surface area contributed by atoms with Crippen LogP contribution in [-0.2, 0) is 14.8 Å². The summed E-state index contributed by atoms with van der Waals surface area (Å²) in [7, 11) is -1.54. The van der Waals surface area contributed by atoms with Crippen molar-refractivity contribution in [3.8, 4) is 0 Å². The number of carbonyl (C=O) groups excluding carboxylic acids is 1. The largest absolute Gasteiger partial charge is 0.383 e. The Morgan fingerprint density at radius 3 is 2.47 bits per heavy atom. The van der Waals surface area contributed by atoms with Gasteiger partial charge in [-0.05, 0) is 19.8 Å². The molecule has 1 rings (SSSR count). The molecule has 1 atom stereocenters. The Morgan fingerprint density at radius 2 is 2.00 bits per heavy atom. The molecule has 0 bridgehead atoms. The molecule has 0 spiro atoms. The van der Waals surface area contributed by atoms with Crippen LogP contribution in [0.2, 0.25) is 0 Å². The van der Waals surface area contributed by atoms with Gasteiger partial charge >= 0.3 is 6.03 Å². The monoisotopic (exact) mass is 293 g/mol. The molecular formula is C11H23N3O4S. The predicted molar refractivity (Wildman–Crippen MR) is 72.4 cm³/mol. The molecule has 112 valence electrons. The van der Waals surface area contributed by atoms with Gasteiger partial charge in [0.05, 0.1) is 18.9 Å². The molecule has 1 aliphatic heterocycles. The summed E-state index contributed by atoms with van der Waals surface area (Å²) in [5, 5.41) is 5.62. The number of nitrogens with zero attached hydrogens (tertiary/aromatic N) is 1. The van der Waals surface area contributed by atoms with Crippen LogP contribution in [0.1, 0.15) is 19.8 Å². The zero-order valence-electron chi connectivity index (χ0n) is 11.7. The third kappa shape index (κ3) is 5.75. The van der Waals surface area contributed by atoms with Crippen LogP contribution in [-0.4, -0.2) is 63.9 Å². The number of piperidine rings is 1. The Bertz CT molecular complexity index is 391. The van der Waals surface area contributed by atoms with Crippen molar-refractivity contribution in [2.75, 3.05) is 33.1 Å². The average molecular weight is 293 g/mol. The number of rotatable bonds is 5. The Kier molecular flexibility index (Phi) is 6.02. The first-order valence-electron chi connectivity index (χ1n) is 6.34. The molecule has 1 saturated heterocycles. The average Bonchev–Trinajstić information content (AvgIpc) is 2.28. The molecule has 1 aliphatic rings. The van der Waals surface area contributed by atoms with Gasteiger partial charge in [-0.15, -0.1) is 0 Å². The second-order valence-electron chi connectivity index (χ2n) is 4.91. The van der Waals surface area contributed by atoms with Crippen molar-refractivity contribution in [2.24, 2.45) is 0 Å². The first-order valence-corrected chi connectivity index (χ1v) is 8.19. The molecule has 0 aromatic rings. The zero-order valence-corrected chi connectivity index (χ0v) is 12.5. The third-order valence-corrected chi connectivity index (χ3v) is 4.36. The Hall–Kier alpha value is -0.860. The van der Waals surface area contributed by atoms with Crippen LogP contribution >= 0.6 is 0 Å². The normalized spacial score (nSPS) is 19.9. The van der Waals surface area contributed by atoms with Gasteiger partial charge in [-0.3, -0.25) is 0 Å². The van der Waals surface area contributed by atoms with Crippen LogP contribution in [0.4, 0.5) is 4.79 Å². The first kappa shape index (κ1) is 16.2. The van der Waals surface area contributed by atoms with Gasteiger partial charge in [0.25, 0.3) is 0 Å². The second-order valence-corrected chi connectivity index (χ2v) is 6.89. The molecule has 2 amide bonds. The smallest absolute Gasteiger partial charge is 0.315 e. The lowest BCUT2D eigenvalue weighted by Gasteiger charge is -2.30. The number of ether oxygens (including phenoxy) is 1. The fourth-order valence-electron chi connectivity index (χ4n) is 2.07.